The number of hydrogen-bond donors (Lipinski definition) is 2. The highest BCUT2D eigenvalue weighted by Crippen LogP contribution is 2.26. The van der Waals surface area contributed by atoms with Crippen LogP contribution in [0.1, 0.15) is 18.4 Å². The van der Waals surface area contributed by atoms with E-state index >= 15 is 0 Å². The number of carbonyl (C=O) groups is 1. The van der Waals surface area contributed by atoms with Gasteiger partial charge in [-0.05, 0) is 46.8 Å². The number of amides is 1. The Morgan fingerprint density at radius 1 is 1.47 bits per heavy atom. The van der Waals surface area contributed by atoms with E-state index in [1.54, 1.807) is 6.20 Å². The molecule has 0 bridgehead atoms. The molecule has 0 radical (unpaired) electrons. The number of aliphatic hydroxyl groups excluding tert-OH is 1. The molecule has 1 fully saturated rings. The van der Waals surface area contributed by atoms with E-state index in [0.29, 0.717) is 12.4 Å². The fraction of sp³-hybridized carbons (Fsp3) is 0.538. The van der Waals surface area contributed by atoms with Gasteiger partial charge in [-0.1, -0.05) is 0 Å². The number of likely N-dealkylation sites (tertiary alicyclic amines) is 1. The number of aryl methyl sites for hydroxylation is 1. The van der Waals surface area contributed by atoms with Crippen LogP contribution >= 0.6 is 15.9 Å². The average molecular weight is 326 g/mol. The zero-order chi connectivity index (χ0) is 13.4. The molecule has 2 N–H and O–H groups in total. The van der Waals surface area contributed by atoms with Crippen LogP contribution in [0.4, 0.5) is 5.82 Å². The van der Waals surface area contributed by atoms with Gasteiger partial charge >= 0.3 is 0 Å². The van der Waals surface area contributed by atoms with Crippen LogP contribution in [-0.4, -0.2) is 46.1 Å². The van der Waals surface area contributed by atoms with Crippen molar-refractivity contribution in [2.24, 2.45) is 0 Å². The Hall–Kier alpha value is -0.980. The number of aromatic nitrogens is 1. The van der Waals surface area contributed by atoms with E-state index < -0.39 is 0 Å². The van der Waals surface area contributed by atoms with Crippen LogP contribution in [0.15, 0.2) is 16.7 Å². The van der Waals surface area contributed by atoms with E-state index in [1.807, 2.05) is 6.07 Å². The summed E-state index contributed by atoms with van der Waals surface area (Å²) in [4.78, 5) is 18.6. The van der Waals surface area contributed by atoms with E-state index in [-0.39, 0.29) is 18.1 Å². The summed E-state index contributed by atoms with van der Waals surface area (Å²) >= 11 is 3.40. The van der Waals surface area contributed by atoms with Crippen LogP contribution in [0.25, 0.3) is 0 Å². The van der Waals surface area contributed by atoms with Gasteiger partial charge in [0.25, 0.3) is 0 Å². The molecule has 102 valence electrons. The molecule has 1 amide bonds. The Kier molecular flexibility index (Phi) is 3.56. The van der Waals surface area contributed by atoms with Crippen molar-refractivity contribution in [1.82, 2.24) is 9.88 Å². The van der Waals surface area contributed by atoms with Gasteiger partial charge in [0.1, 0.15) is 5.82 Å². The van der Waals surface area contributed by atoms with Crippen molar-refractivity contribution in [3.63, 3.8) is 0 Å². The van der Waals surface area contributed by atoms with Crippen molar-refractivity contribution in [3.8, 4) is 0 Å². The fourth-order valence-electron chi connectivity index (χ4n) is 2.81. The van der Waals surface area contributed by atoms with E-state index in [0.717, 1.165) is 35.8 Å². The summed E-state index contributed by atoms with van der Waals surface area (Å²) in [6, 6.07) is 1.84. The second kappa shape index (κ2) is 5.19. The summed E-state index contributed by atoms with van der Waals surface area (Å²) in [6.07, 6.45) is 3.73. The predicted molar refractivity (Wildman–Crippen MR) is 74.9 cm³/mol. The molecule has 1 unspecified atom stereocenters. The van der Waals surface area contributed by atoms with Crippen LogP contribution in [0.5, 0.6) is 0 Å². The number of halogens is 1. The summed E-state index contributed by atoms with van der Waals surface area (Å²) in [5.41, 5.74) is 1.06. The smallest absolute Gasteiger partial charge is 0.242 e. The van der Waals surface area contributed by atoms with Gasteiger partial charge in [0.05, 0.1) is 12.1 Å². The number of anilines is 1. The lowest BCUT2D eigenvalue weighted by Gasteiger charge is -2.24. The first-order valence-corrected chi connectivity index (χ1v) is 7.30. The minimum absolute atomic E-state index is 0.0114. The molecule has 6 heteroatoms. The first-order valence-electron chi connectivity index (χ1n) is 6.51. The zero-order valence-corrected chi connectivity index (χ0v) is 12.1. The molecule has 19 heavy (non-hydrogen) atoms. The van der Waals surface area contributed by atoms with Crippen molar-refractivity contribution in [2.45, 2.75) is 31.4 Å². The second-order valence-electron chi connectivity index (χ2n) is 5.14. The van der Waals surface area contributed by atoms with E-state index in [1.165, 1.54) is 0 Å². The van der Waals surface area contributed by atoms with Crippen molar-refractivity contribution in [2.75, 3.05) is 18.4 Å². The monoisotopic (exact) mass is 325 g/mol. The van der Waals surface area contributed by atoms with Crippen LogP contribution in [0.2, 0.25) is 0 Å². The van der Waals surface area contributed by atoms with Gasteiger partial charge in [-0.15, -0.1) is 0 Å². The third-order valence-electron chi connectivity index (χ3n) is 3.80. The molecule has 3 heterocycles. The third-order valence-corrected chi connectivity index (χ3v) is 4.23. The normalized spacial score (nSPS) is 27.8. The number of rotatable bonds is 1. The number of β-amino-alcohol motifs (C(OH)–C–C–N with tert-alkyl or cyclic N) is 1. The highest BCUT2D eigenvalue weighted by atomic mass is 79.9. The molecule has 0 spiro atoms. The largest absolute Gasteiger partial charge is 0.392 e. The van der Waals surface area contributed by atoms with Gasteiger partial charge in [-0.3, -0.25) is 9.69 Å². The molecule has 1 aromatic heterocycles. The molecular weight excluding hydrogens is 310 g/mol. The molecule has 1 saturated heterocycles. The highest BCUT2D eigenvalue weighted by Gasteiger charge is 2.33. The quantitative estimate of drug-likeness (QED) is 0.813. The first kappa shape index (κ1) is 13.0. The standard InChI is InChI=1S/C13H16BrN3O2/c14-9-5-8-1-2-11(17-4-3-10(18)7-17)13(19)16-12(8)15-6-9/h5-6,10-11,18H,1-4,7H2,(H,15,16,19)/t10-,11?/m1/s1. The number of nitrogens with zero attached hydrogens (tertiary/aromatic N) is 2. The van der Waals surface area contributed by atoms with Gasteiger partial charge in [-0.25, -0.2) is 4.98 Å². The summed E-state index contributed by atoms with van der Waals surface area (Å²) < 4.78 is 0.926. The maximum atomic E-state index is 12.3. The Balaban J connectivity index is 1.80. The molecule has 3 rings (SSSR count). The summed E-state index contributed by atoms with van der Waals surface area (Å²) in [6.45, 7) is 1.37. The molecule has 2 aliphatic heterocycles. The SMILES string of the molecule is O=C1Nc2ncc(Br)cc2CCC1N1CC[C@@H](O)C1. The van der Waals surface area contributed by atoms with E-state index in [4.69, 9.17) is 0 Å². The number of fused-ring (bicyclic) bond motifs is 1. The Bertz CT molecular complexity index is 509. The Morgan fingerprint density at radius 2 is 2.32 bits per heavy atom. The average Bonchev–Trinajstić information content (AvgIpc) is 2.72. The highest BCUT2D eigenvalue weighted by molar-refractivity contribution is 9.10. The molecule has 0 saturated carbocycles. The van der Waals surface area contributed by atoms with Gasteiger partial charge < -0.3 is 10.4 Å². The topological polar surface area (TPSA) is 65.5 Å². The molecule has 0 aromatic carbocycles. The maximum absolute atomic E-state index is 12.3. The van der Waals surface area contributed by atoms with Crippen molar-refractivity contribution < 1.29 is 9.90 Å². The zero-order valence-electron chi connectivity index (χ0n) is 10.5. The van der Waals surface area contributed by atoms with Crippen LogP contribution in [0.3, 0.4) is 0 Å². The molecule has 2 aliphatic rings. The minimum Gasteiger partial charge on any atom is -0.392 e. The first-order chi connectivity index (χ1) is 9.13. The van der Waals surface area contributed by atoms with Crippen molar-refractivity contribution >= 4 is 27.7 Å². The number of hydrogen-bond acceptors (Lipinski definition) is 4. The molecule has 5 nitrogen and oxygen atoms in total. The predicted octanol–water partition coefficient (Wildman–Crippen LogP) is 1.16. The lowest BCUT2D eigenvalue weighted by atomic mass is 10.1. The van der Waals surface area contributed by atoms with Crippen LogP contribution in [0, 0.1) is 0 Å². The number of carbonyl (C=O) groups excluding carboxylic acids is 1. The maximum Gasteiger partial charge on any atom is 0.242 e. The third kappa shape index (κ3) is 2.66. The summed E-state index contributed by atoms with van der Waals surface area (Å²) in [7, 11) is 0. The molecule has 0 aliphatic carbocycles. The van der Waals surface area contributed by atoms with Crippen LogP contribution < -0.4 is 5.32 Å². The Labute approximate surface area is 120 Å². The van der Waals surface area contributed by atoms with Gasteiger partial charge in [0, 0.05) is 23.8 Å². The summed E-state index contributed by atoms with van der Waals surface area (Å²) in [5, 5.41) is 12.5. The van der Waals surface area contributed by atoms with Crippen molar-refractivity contribution in [3.05, 3.63) is 22.3 Å². The number of nitrogens with one attached hydrogen (secondary N) is 1. The Morgan fingerprint density at radius 3 is 3.05 bits per heavy atom. The fourth-order valence-corrected chi connectivity index (χ4v) is 3.19. The van der Waals surface area contributed by atoms with Gasteiger partial charge in [-0.2, -0.15) is 0 Å². The van der Waals surface area contributed by atoms with Crippen molar-refractivity contribution in [1.29, 1.82) is 0 Å². The number of aliphatic hydroxyl groups is 1. The summed E-state index contributed by atoms with van der Waals surface area (Å²) in [5.74, 6) is 0.651. The van der Waals surface area contributed by atoms with E-state index in [2.05, 4.69) is 31.1 Å². The van der Waals surface area contributed by atoms with E-state index in [9.17, 15) is 9.90 Å². The lowest BCUT2D eigenvalue weighted by Crippen LogP contribution is -2.42. The minimum atomic E-state index is -0.300. The molecule has 2 atom stereocenters. The molecular formula is C13H16BrN3O2. The second-order valence-corrected chi connectivity index (χ2v) is 6.06. The lowest BCUT2D eigenvalue weighted by molar-refractivity contribution is -0.121. The molecule has 1 aromatic rings. The van der Waals surface area contributed by atoms with Gasteiger partial charge in [0.2, 0.25) is 5.91 Å². The van der Waals surface area contributed by atoms with Gasteiger partial charge in [0.15, 0.2) is 0 Å². The van der Waals surface area contributed by atoms with Crippen LogP contribution in [-0.2, 0) is 11.2 Å². The number of pyridine rings is 1.